The molecule has 2 unspecified atom stereocenters. The van der Waals surface area contributed by atoms with Crippen molar-refractivity contribution in [1.82, 2.24) is 10.6 Å². The molecular weight excluding hydrogens is 244 g/mol. The van der Waals surface area contributed by atoms with Gasteiger partial charge in [-0.2, -0.15) is 0 Å². The van der Waals surface area contributed by atoms with Gasteiger partial charge >= 0.3 is 0 Å². The number of aliphatic hydroxyl groups is 1. The molecule has 2 N–H and O–H groups in total. The molecule has 18 heavy (non-hydrogen) atoms. The largest absolute Gasteiger partial charge is 0.392 e. The van der Waals surface area contributed by atoms with Gasteiger partial charge in [0.2, 0.25) is 0 Å². The number of hydrogen-bond donors (Lipinski definition) is 1. The van der Waals surface area contributed by atoms with Crippen LogP contribution in [0.15, 0.2) is 35.2 Å². The van der Waals surface area contributed by atoms with Crippen molar-refractivity contribution in [2.24, 2.45) is 0 Å². The highest BCUT2D eigenvalue weighted by Gasteiger charge is 2.20. The summed E-state index contributed by atoms with van der Waals surface area (Å²) in [6, 6.07) is 10.2. The van der Waals surface area contributed by atoms with Crippen molar-refractivity contribution < 1.29 is 5.11 Å². The summed E-state index contributed by atoms with van der Waals surface area (Å²) in [6.07, 6.45) is 1.64. The van der Waals surface area contributed by atoms with Gasteiger partial charge < -0.3 is 10.0 Å². The van der Waals surface area contributed by atoms with Crippen LogP contribution in [0, 0.1) is 0 Å². The fourth-order valence-electron chi connectivity index (χ4n) is 2.15. The van der Waals surface area contributed by atoms with Crippen LogP contribution >= 0.6 is 11.8 Å². The number of hydrogen-bond acceptors (Lipinski definition) is 3. The van der Waals surface area contributed by atoms with E-state index in [2.05, 4.69) is 17.0 Å². The zero-order chi connectivity index (χ0) is 12.8. The molecule has 99 valence electrons. The molecule has 4 heteroatoms. The molecule has 1 aromatic rings. The molecular formula is C14H21N2OS. The lowest BCUT2D eigenvalue weighted by Gasteiger charge is -2.17. The molecule has 2 rings (SSSR count). The lowest BCUT2D eigenvalue weighted by Crippen LogP contribution is -2.27. The molecule has 0 aromatic heterocycles. The SMILES string of the molecule is [NH]C(CCN1CCC(O)C1)CSc1ccccc1. The van der Waals surface area contributed by atoms with E-state index in [9.17, 15) is 5.11 Å². The normalized spacial score (nSPS) is 22.2. The Morgan fingerprint density at radius 3 is 2.83 bits per heavy atom. The third-order valence-corrected chi connectivity index (χ3v) is 4.41. The standard InChI is InChI=1S/C14H21N2OS/c15-12(6-8-16-9-7-13(17)10-16)11-18-14-4-2-1-3-5-14/h1-5,12-13,15,17H,6-11H2. The van der Waals surface area contributed by atoms with Crippen LogP contribution < -0.4 is 5.73 Å². The van der Waals surface area contributed by atoms with Crippen LogP contribution in [0.3, 0.4) is 0 Å². The molecule has 1 fully saturated rings. The van der Waals surface area contributed by atoms with Gasteiger partial charge in [-0.1, -0.05) is 18.2 Å². The Bertz CT molecular complexity index is 347. The van der Waals surface area contributed by atoms with Crippen molar-refractivity contribution in [1.29, 1.82) is 0 Å². The summed E-state index contributed by atoms with van der Waals surface area (Å²) in [4.78, 5) is 3.51. The Kier molecular flexibility index (Phi) is 5.50. The first-order valence-corrected chi connectivity index (χ1v) is 7.52. The zero-order valence-electron chi connectivity index (χ0n) is 10.6. The first-order chi connectivity index (χ1) is 8.74. The monoisotopic (exact) mass is 265 g/mol. The van der Waals surface area contributed by atoms with Gasteiger partial charge in [-0.05, 0) is 31.5 Å². The number of benzene rings is 1. The molecule has 1 radical (unpaired) electrons. The molecule has 0 aliphatic carbocycles. The van der Waals surface area contributed by atoms with Crippen LogP contribution in [0.5, 0.6) is 0 Å². The van der Waals surface area contributed by atoms with Gasteiger partial charge in [0.1, 0.15) is 0 Å². The van der Waals surface area contributed by atoms with Crippen molar-refractivity contribution in [2.45, 2.75) is 29.9 Å². The molecule has 2 atom stereocenters. The van der Waals surface area contributed by atoms with E-state index in [0.29, 0.717) is 0 Å². The summed E-state index contributed by atoms with van der Waals surface area (Å²) in [5, 5.41) is 9.42. The lowest BCUT2D eigenvalue weighted by molar-refractivity contribution is 0.175. The molecule has 3 nitrogen and oxygen atoms in total. The molecule has 1 aliphatic rings. The summed E-state index contributed by atoms with van der Waals surface area (Å²) >= 11 is 1.76. The first kappa shape index (κ1) is 13.9. The van der Waals surface area contributed by atoms with E-state index >= 15 is 0 Å². The highest BCUT2D eigenvalue weighted by molar-refractivity contribution is 7.99. The highest BCUT2D eigenvalue weighted by atomic mass is 32.2. The third kappa shape index (κ3) is 4.61. The average Bonchev–Trinajstić information content (AvgIpc) is 2.81. The second kappa shape index (κ2) is 7.14. The Morgan fingerprint density at radius 1 is 1.39 bits per heavy atom. The summed E-state index contributed by atoms with van der Waals surface area (Å²) in [6.45, 7) is 2.72. The minimum absolute atomic E-state index is 0.0204. The fourth-order valence-corrected chi connectivity index (χ4v) is 3.06. The van der Waals surface area contributed by atoms with Gasteiger partial charge in [-0.3, -0.25) is 5.73 Å². The predicted octanol–water partition coefficient (Wildman–Crippen LogP) is 1.89. The van der Waals surface area contributed by atoms with E-state index in [0.717, 1.165) is 38.2 Å². The van der Waals surface area contributed by atoms with E-state index in [1.807, 2.05) is 18.2 Å². The van der Waals surface area contributed by atoms with E-state index in [1.54, 1.807) is 11.8 Å². The Hall–Kier alpha value is -0.550. The molecule has 1 saturated heterocycles. The maximum absolute atomic E-state index is 9.42. The second-order valence-corrected chi connectivity index (χ2v) is 5.95. The quantitative estimate of drug-likeness (QED) is 0.799. The molecule has 0 amide bonds. The summed E-state index contributed by atoms with van der Waals surface area (Å²) < 4.78 is 0. The fraction of sp³-hybridized carbons (Fsp3) is 0.571. The number of aliphatic hydroxyl groups excluding tert-OH is 1. The minimum Gasteiger partial charge on any atom is -0.392 e. The van der Waals surface area contributed by atoms with Gasteiger partial charge in [-0.15, -0.1) is 11.8 Å². The van der Waals surface area contributed by atoms with Crippen LogP contribution in [0.1, 0.15) is 12.8 Å². The Balaban J connectivity index is 1.62. The summed E-state index contributed by atoms with van der Waals surface area (Å²) in [7, 11) is 0. The van der Waals surface area contributed by atoms with Gasteiger partial charge in [0.25, 0.3) is 0 Å². The topological polar surface area (TPSA) is 47.3 Å². The first-order valence-electron chi connectivity index (χ1n) is 6.53. The number of nitrogens with zero attached hydrogens (tertiary/aromatic N) is 1. The number of β-amino-alcohol motifs (C(OH)–C–C–N with tert-alkyl or cyclic N) is 1. The Morgan fingerprint density at radius 2 is 2.17 bits per heavy atom. The van der Waals surface area contributed by atoms with E-state index in [4.69, 9.17) is 5.73 Å². The predicted molar refractivity (Wildman–Crippen MR) is 75.7 cm³/mol. The van der Waals surface area contributed by atoms with Crippen molar-refractivity contribution in [3.05, 3.63) is 30.3 Å². The number of nitrogens with one attached hydrogen (secondary N) is 1. The number of likely N-dealkylation sites (tertiary alicyclic amines) is 1. The molecule has 1 aliphatic heterocycles. The molecule has 0 saturated carbocycles. The van der Waals surface area contributed by atoms with E-state index in [1.165, 1.54) is 4.90 Å². The molecule has 1 heterocycles. The summed E-state index contributed by atoms with van der Waals surface area (Å²) in [5.74, 6) is 0.848. The minimum atomic E-state index is -0.145. The lowest BCUT2D eigenvalue weighted by atomic mass is 10.2. The van der Waals surface area contributed by atoms with Crippen LogP contribution in [-0.4, -0.2) is 47.5 Å². The second-order valence-electron chi connectivity index (χ2n) is 4.85. The van der Waals surface area contributed by atoms with Gasteiger partial charge in [0, 0.05) is 29.8 Å². The van der Waals surface area contributed by atoms with E-state index < -0.39 is 0 Å². The average molecular weight is 265 g/mol. The van der Waals surface area contributed by atoms with Crippen LogP contribution in [0.2, 0.25) is 0 Å². The van der Waals surface area contributed by atoms with Crippen LogP contribution in [0.4, 0.5) is 0 Å². The smallest absolute Gasteiger partial charge is 0.0679 e. The number of rotatable bonds is 6. The maximum atomic E-state index is 9.42. The van der Waals surface area contributed by atoms with Gasteiger partial charge in [0.05, 0.1) is 6.10 Å². The maximum Gasteiger partial charge on any atom is 0.0679 e. The van der Waals surface area contributed by atoms with Crippen LogP contribution in [0.25, 0.3) is 0 Å². The van der Waals surface area contributed by atoms with E-state index in [-0.39, 0.29) is 12.1 Å². The Labute approximate surface area is 113 Å². The summed E-state index contributed by atoms with van der Waals surface area (Å²) in [5.41, 5.74) is 8.03. The van der Waals surface area contributed by atoms with Crippen molar-refractivity contribution >= 4 is 11.8 Å². The molecule has 0 bridgehead atoms. The molecule has 1 aromatic carbocycles. The van der Waals surface area contributed by atoms with Gasteiger partial charge in [0.15, 0.2) is 0 Å². The van der Waals surface area contributed by atoms with Crippen LogP contribution in [-0.2, 0) is 0 Å². The third-order valence-electron chi connectivity index (χ3n) is 3.24. The highest BCUT2D eigenvalue weighted by Crippen LogP contribution is 2.19. The van der Waals surface area contributed by atoms with Crippen molar-refractivity contribution in [3.8, 4) is 0 Å². The zero-order valence-corrected chi connectivity index (χ0v) is 11.4. The van der Waals surface area contributed by atoms with Crippen molar-refractivity contribution in [2.75, 3.05) is 25.4 Å². The number of thioether (sulfide) groups is 1. The molecule has 0 spiro atoms. The van der Waals surface area contributed by atoms with Crippen molar-refractivity contribution in [3.63, 3.8) is 0 Å². The van der Waals surface area contributed by atoms with Gasteiger partial charge in [-0.25, -0.2) is 0 Å².